The summed E-state index contributed by atoms with van der Waals surface area (Å²) in [6.07, 6.45) is 2.09. The maximum Gasteiger partial charge on any atom is 0.243 e. The lowest BCUT2D eigenvalue weighted by molar-refractivity contribution is -0.141. The molecule has 1 unspecified atom stereocenters. The van der Waals surface area contributed by atoms with E-state index >= 15 is 0 Å². The molecule has 2 fully saturated rings. The summed E-state index contributed by atoms with van der Waals surface area (Å²) in [6.45, 7) is 20.2. The van der Waals surface area contributed by atoms with Gasteiger partial charge in [-0.3, -0.25) is 48.1 Å². The molecule has 21 nitrogen and oxygen atoms in total. The zero-order valence-electron chi connectivity index (χ0n) is 57.4. The minimum atomic E-state index is -2.22. The Balaban J connectivity index is 1.20. The zero-order valence-corrected chi connectivity index (χ0v) is 57.4. The van der Waals surface area contributed by atoms with Gasteiger partial charge in [-0.1, -0.05) is 177 Å². The number of ether oxygens (including phenoxy) is 2. The second-order valence-corrected chi connectivity index (χ2v) is 27.8. The van der Waals surface area contributed by atoms with E-state index in [1.165, 1.54) is 6.92 Å². The Bertz CT molecular complexity index is 3100. The molecule has 0 bridgehead atoms. The molecule has 2 aliphatic rings. The molecule has 0 radical (unpaired) electrons. The van der Waals surface area contributed by atoms with E-state index in [4.69, 9.17) is 9.47 Å². The second-order valence-electron chi connectivity index (χ2n) is 27.8. The van der Waals surface area contributed by atoms with Crippen LogP contribution in [0.4, 0.5) is 0 Å². The molecule has 6 rings (SSSR count). The first-order chi connectivity index (χ1) is 45.2. The van der Waals surface area contributed by atoms with Crippen LogP contribution in [0.15, 0.2) is 121 Å². The van der Waals surface area contributed by atoms with Gasteiger partial charge >= 0.3 is 0 Å². The highest BCUT2D eigenvalue weighted by molar-refractivity contribution is 6.00. The number of carbonyl (C=O) groups excluding carboxylic acids is 9. The summed E-state index contributed by atoms with van der Waals surface area (Å²) >= 11 is 0. The van der Waals surface area contributed by atoms with Crippen molar-refractivity contribution in [1.29, 1.82) is 0 Å². The van der Waals surface area contributed by atoms with Gasteiger partial charge in [0.15, 0.2) is 11.6 Å². The molecule has 2 saturated heterocycles. The third kappa shape index (κ3) is 26.1. The van der Waals surface area contributed by atoms with E-state index in [9.17, 15) is 48.3 Å². The number of aryl methyl sites for hydroxylation is 2. The van der Waals surface area contributed by atoms with Crippen LogP contribution in [0, 0.1) is 23.7 Å². The van der Waals surface area contributed by atoms with E-state index < -0.39 is 107 Å². The SMILES string of the molecule is CC(C)CC(NC(=O)[C@H](CCc1ccccc1)NC(=O)CN1CCOCC1)C(=O)N[C@@H](Cc1ccccc1)C(=O)N[C@@H](CC(C)C)C(=O)[C@](C)(O)CN[C@@H](CCc1ccccc1)C(=O)N[C@@H](CC(C)C)C(=O)N[C@@H](Cc1ccccc1)C(=O)N[C@@H](CC(C)C)C(=O)[C@@]1(C)CO1. The molecule has 4 aromatic carbocycles. The third-order valence-electron chi connectivity index (χ3n) is 17.1. The maximum absolute atomic E-state index is 14.9. The molecule has 0 aliphatic carbocycles. The maximum atomic E-state index is 14.9. The smallest absolute Gasteiger partial charge is 0.243 e. The summed E-state index contributed by atoms with van der Waals surface area (Å²) in [5, 5.41) is 35.9. The minimum Gasteiger partial charge on any atom is -0.381 e. The van der Waals surface area contributed by atoms with Crippen LogP contribution in [0.3, 0.4) is 0 Å². The molecule has 21 heteroatoms. The number of hydrogen-bond donors (Lipinski definition) is 9. The van der Waals surface area contributed by atoms with Gasteiger partial charge in [0.05, 0.1) is 44.5 Å². The Hall–Kier alpha value is -7.69. The van der Waals surface area contributed by atoms with Crippen molar-refractivity contribution in [3.63, 3.8) is 0 Å². The monoisotopic (exact) mass is 1310 g/mol. The molecule has 0 spiro atoms. The van der Waals surface area contributed by atoms with E-state index in [2.05, 4.69) is 42.5 Å². The van der Waals surface area contributed by atoms with Gasteiger partial charge in [-0.2, -0.15) is 0 Å². The average Bonchev–Trinajstić information content (AvgIpc) is 1.68. The Morgan fingerprint density at radius 3 is 1.22 bits per heavy atom. The standard InChI is InChI=1S/C74H105N9O12/c1-48(2)39-58(77-71(91)62(43-54-27-19-13-20-28-54)81-70(90)61(42-51(7)8)80-68(88)57(34-32-53-25-17-12-18-26-53)76-64(84)45-83-35-37-94-38-36-83)65(85)73(9,93)46-75-56(33-31-52-23-15-11-16-24-52)67(87)79-60(41-50(5)6)69(89)82-63(44-55-29-21-14-22-30-55)72(92)78-59(40-49(3)4)66(86)74(10)47-95-74/h11-30,48-51,56-63,75,93H,31-47H2,1-10H3,(H,76,84)(H,77,91)(H,78,92)(H,79,87)(H,80,88)(H,81,90)(H,82,89)/t56-,57-,58-,59-,60-,61?,62-,63-,73+,74+/m0/s1. The zero-order chi connectivity index (χ0) is 69.2. The molecule has 518 valence electrons. The molecule has 7 amide bonds. The van der Waals surface area contributed by atoms with Gasteiger partial charge < -0.3 is 57.1 Å². The molecule has 0 aromatic heterocycles. The largest absolute Gasteiger partial charge is 0.381 e. The van der Waals surface area contributed by atoms with E-state index in [0.717, 1.165) is 16.7 Å². The van der Waals surface area contributed by atoms with Crippen LogP contribution < -0.4 is 42.5 Å². The van der Waals surface area contributed by atoms with Crippen molar-refractivity contribution in [2.75, 3.05) is 46.0 Å². The fraction of sp³-hybridized carbons (Fsp3) is 0.554. The summed E-state index contributed by atoms with van der Waals surface area (Å²) in [5.41, 5.74) is 0.0713. The Labute approximate surface area is 561 Å². The van der Waals surface area contributed by atoms with Crippen LogP contribution in [-0.2, 0) is 78.3 Å². The van der Waals surface area contributed by atoms with Crippen LogP contribution in [0.1, 0.15) is 130 Å². The van der Waals surface area contributed by atoms with Gasteiger partial charge in [-0.25, -0.2) is 0 Å². The fourth-order valence-electron chi connectivity index (χ4n) is 11.7. The summed E-state index contributed by atoms with van der Waals surface area (Å²) < 4.78 is 10.9. The molecular weight excluding hydrogens is 1210 g/mol. The van der Waals surface area contributed by atoms with Crippen molar-refractivity contribution in [3.05, 3.63) is 144 Å². The van der Waals surface area contributed by atoms with E-state index in [1.54, 1.807) is 31.2 Å². The molecular formula is C74H105N9O12. The number of nitrogens with one attached hydrogen (secondary N) is 8. The predicted octanol–water partition coefficient (Wildman–Crippen LogP) is 5.28. The van der Waals surface area contributed by atoms with Gasteiger partial charge in [-0.05, 0) is 111 Å². The summed E-state index contributed by atoms with van der Waals surface area (Å²) in [5.74, 6) is -5.50. The number of rotatable bonds is 40. The fourth-order valence-corrected chi connectivity index (χ4v) is 11.7. The lowest BCUT2D eigenvalue weighted by Gasteiger charge is -2.32. The Morgan fingerprint density at radius 1 is 0.463 bits per heavy atom. The van der Waals surface area contributed by atoms with Gasteiger partial charge in [0.2, 0.25) is 41.4 Å². The Morgan fingerprint density at radius 2 is 0.800 bits per heavy atom. The van der Waals surface area contributed by atoms with E-state index in [-0.39, 0.29) is 93.5 Å². The number of amides is 7. The predicted molar refractivity (Wildman–Crippen MR) is 365 cm³/mol. The molecule has 10 atom stereocenters. The van der Waals surface area contributed by atoms with Crippen molar-refractivity contribution in [2.45, 2.75) is 193 Å². The van der Waals surface area contributed by atoms with Crippen molar-refractivity contribution >= 4 is 52.9 Å². The third-order valence-corrected chi connectivity index (χ3v) is 17.1. The number of benzene rings is 4. The molecule has 2 heterocycles. The normalized spacial score (nSPS) is 18.0. The molecule has 4 aromatic rings. The highest BCUT2D eigenvalue weighted by atomic mass is 16.6. The number of hydrogen-bond acceptors (Lipinski definition) is 14. The van der Waals surface area contributed by atoms with Gasteiger partial charge in [0, 0.05) is 32.5 Å². The van der Waals surface area contributed by atoms with E-state index in [1.807, 2.05) is 157 Å². The number of nitrogens with zero attached hydrogens (tertiary/aromatic N) is 1. The lowest BCUT2D eigenvalue weighted by atomic mass is 9.89. The summed E-state index contributed by atoms with van der Waals surface area (Å²) in [6, 6.07) is 28.1. The van der Waals surface area contributed by atoms with E-state index in [0.29, 0.717) is 51.1 Å². The van der Waals surface area contributed by atoms with Crippen LogP contribution in [-0.4, -0.2) is 168 Å². The van der Waals surface area contributed by atoms with Crippen LogP contribution in [0.2, 0.25) is 0 Å². The first-order valence-corrected chi connectivity index (χ1v) is 33.9. The number of ketones is 2. The number of epoxide rings is 1. The highest BCUT2D eigenvalue weighted by Crippen LogP contribution is 2.30. The number of morpholine rings is 1. The molecule has 9 N–H and O–H groups in total. The summed E-state index contributed by atoms with van der Waals surface area (Å²) in [7, 11) is 0. The summed E-state index contributed by atoms with van der Waals surface area (Å²) in [4.78, 5) is 132. The van der Waals surface area contributed by atoms with Gasteiger partial charge in [0.1, 0.15) is 41.4 Å². The minimum absolute atomic E-state index is 0.0113. The number of aliphatic hydroxyl groups is 1. The van der Waals surface area contributed by atoms with Crippen LogP contribution in [0.25, 0.3) is 0 Å². The second kappa shape index (κ2) is 37.6. The molecule has 95 heavy (non-hydrogen) atoms. The highest BCUT2D eigenvalue weighted by Gasteiger charge is 2.50. The Kier molecular flexibility index (Phi) is 30.2. The number of Topliss-reactive ketones (excluding diaryl/α,β-unsaturated/α-hetero) is 2. The number of carbonyl (C=O) groups is 9. The van der Waals surface area contributed by atoms with Crippen molar-refractivity contribution in [1.82, 2.24) is 47.4 Å². The first kappa shape index (κ1) is 76.3. The first-order valence-electron chi connectivity index (χ1n) is 33.9. The van der Waals surface area contributed by atoms with Crippen LogP contribution >= 0.6 is 0 Å². The van der Waals surface area contributed by atoms with Gasteiger partial charge in [-0.15, -0.1) is 0 Å². The molecule has 2 aliphatic heterocycles. The lowest BCUT2D eigenvalue weighted by Crippen LogP contribution is -2.61. The quantitative estimate of drug-likeness (QED) is 0.0256. The van der Waals surface area contributed by atoms with Gasteiger partial charge in [0.25, 0.3) is 0 Å². The molecule has 0 saturated carbocycles. The average molecular weight is 1310 g/mol. The van der Waals surface area contributed by atoms with Crippen molar-refractivity contribution in [3.8, 4) is 0 Å². The van der Waals surface area contributed by atoms with Crippen molar-refractivity contribution in [2.24, 2.45) is 23.7 Å². The topological polar surface area (TPSA) is 295 Å². The van der Waals surface area contributed by atoms with Crippen molar-refractivity contribution < 1.29 is 57.7 Å². The van der Waals surface area contributed by atoms with Crippen LogP contribution in [0.5, 0.6) is 0 Å².